The molecule has 1 N–H and O–H groups in total. The summed E-state index contributed by atoms with van der Waals surface area (Å²) in [6.45, 7) is 2.07. The Morgan fingerprint density at radius 1 is 1.16 bits per heavy atom. The van der Waals surface area contributed by atoms with Gasteiger partial charge in [0, 0.05) is 17.6 Å². The molecule has 25 heavy (non-hydrogen) atoms. The van der Waals surface area contributed by atoms with Crippen molar-refractivity contribution in [2.24, 2.45) is 0 Å². The van der Waals surface area contributed by atoms with Gasteiger partial charge in [0.1, 0.15) is 5.69 Å². The van der Waals surface area contributed by atoms with Gasteiger partial charge in [0.05, 0.1) is 4.47 Å². The smallest absolute Gasteiger partial charge is 0.275 e. The molecule has 2 aromatic carbocycles. The number of benzene rings is 2. The van der Waals surface area contributed by atoms with Crippen molar-refractivity contribution < 1.29 is 4.79 Å². The highest BCUT2D eigenvalue weighted by Crippen LogP contribution is 2.23. The van der Waals surface area contributed by atoms with Gasteiger partial charge < -0.3 is 5.32 Å². The predicted octanol–water partition coefficient (Wildman–Crippen LogP) is 5.09. The number of anilines is 1. The van der Waals surface area contributed by atoms with E-state index in [1.54, 1.807) is 6.20 Å². The topological polar surface area (TPSA) is 54.9 Å². The van der Waals surface area contributed by atoms with E-state index in [1.165, 1.54) is 22.9 Å². The number of carbonyl (C=O) groups is 1. The Bertz CT molecular complexity index is 887. The van der Waals surface area contributed by atoms with Crippen molar-refractivity contribution in [1.82, 2.24) is 9.97 Å². The molecule has 0 aliphatic heterocycles. The Hall–Kier alpha value is -2.18. The Balaban J connectivity index is 1.72. The second-order valence-corrected chi connectivity index (χ2v) is 7.24. The molecule has 4 nitrogen and oxygen atoms in total. The molecule has 0 aliphatic carbocycles. The van der Waals surface area contributed by atoms with Crippen LogP contribution in [0.5, 0.6) is 0 Å². The highest BCUT2D eigenvalue weighted by Gasteiger charge is 2.14. The molecule has 0 bridgehead atoms. The molecular weight excluding hydrogens is 398 g/mol. The number of hydrogen-bond donors (Lipinski definition) is 1. The number of aryl methyl sites for hydroxylation is 1. The van der Waals surface area contributed by atoms with Gasteiger partial charge in [-0.05, 0) is 40.5 Å². The molecule has 0 saturated heterocycles. The normalized spacial score (nSPS) is 10.5. The van der Waals surface area contributed by atoms with E-state index in [4.69, 9.17) is 0 Å². The molecule has 0 radical (unpaired) electrons. The van der Waals surface area contributed by atoms with E-state index in [2.05, 4.69) is 56.3 Å². The van der Waals surface area contributed by atoms with Crippen LogP contribution in [0.15, 0.2) is 70.4 Å². The van der Waals surface area contributed by atoms with Crippen LogP contribution in [0.1, 0.15) is 21.6 Å². The van der Waals surface area contributed by atoms with Crippen LogP contribution in [-0.2, 0) is 5.75 Å². The first-order valence-electron chi connectivity index (χ1n) is 7.69. The van der Waals surface area contributed by atoms with Crippen LogP contribution in [0.4, 0.5) is 5.69 Å². The molecule has 0 atom stereocenters. The molecule has 0 aliphatic rings. The minimum absolute atomic E-state index is 0.266. The fourth-order valence-electron chi connectivity index (χ4n) is 2.24. The molecule has 1 amide bonds. The molecular formula is C19H16BrN3OS. The summed E-state index contributed by atoms with van der Waals surface area (Å²) < 4.78 is 0.570. The van der Waals surface area contributed by atoms with Crippen LogP contribution in [0.3, 0.4) is 0 Å². The van der Waals surface area contributed by atoms with E-state index >= 15 is 0 Å². The number of halogens is 1. The summed E-state index contributed by atoms with van der Waals surface area (Å²) in [5.41, 5.74) is 3.47. The van der Waals surface area contributed by atoms with Crippen molar-refractivity contribution in [2.75, 3.05) is 5.32 Å². The van der Waals surface area contributed by atoms with Gasteiger partial charge in [-0.25, -0.2) is 9.97 Å². The lowest BCUT2D eigenvalue weighted by molar-refractivity contribution is 0.102. The molecule has 126 valence electrons. The number of rotatable bonds is 5. The van der Waals surface area contributed by atoms with Gasteiger partial charge >= 0.3 is 0 Å². The number of amides is 1. The summed E-state index contributed by atoms with van der Waals surface area (Å²) in [6.07, 6.45) is 1.62. The van der Waals surface area contributed by atoms with E-state index in [1.807, 2.05) is 36.4 Å². The van der Waals surface area contributed by atoms with Gasteiger partial charge in [-0.1, -0.05) is 59.8 Å². The zero-order chi connectivity index (χ0) is 17.6. The summed E-state index contributed by atoms with van der Waals surface area (Å²) in [6, 6.07) is 17.6. The van der Waals surface area contributed by atoms with Crippen LogP contribution >= 0.6 is 27.7 Å². The standard InChI is InChI=1S/C19H16BrN3OS/c1-13-6-5-7-14(10-13)12-25-19-21-11-16(20)17(23-19)18(24)22-15-8-3-2-4-9-15/h2-11H,12H2,1H3,(H,22,24). The Labute approximate surface area is 159 Å². The van der Waals surface area contributed by atoms with Gasteiger partial charge in [-0.2, -0.15) is 0 Å². The highest BCUT2D eigenvalue weighted by molar-refractivity contribution is 9.10. The van der Waals surface area contributed by atoms with Gasteiger partial charge in [0.25, 0.3) is 5.91 Å². The Morgan fingerprint density at radius 3 is 2.72 bits per heavy atom. The largest absolute Gasteiger partial charge is 0.321 e. The Morgan fingerprint density at radius 2 is 1.96 bits per heavy atom. The molecule has 1 aromatic heterocycles. The second kappa shape index (κ2) is 8.27. The van der Waals surface area contributed by atoms with Crippen molar-refractivity contribution >= 4 is 39.3 Å². The molecule has 0 fully saturated rings. The maximum absolute atomic E-state index is 12.5. The van der Waals surface area contributed by atoms with Gasteiger partial charge in [-0.3, -0.25) is 4.79 Å². The van der Waals surface area contributed by atoms with E-state index in [0.717, 1.165) is 11.4 Å². The summed E-state index contributed by atoms with van der Waals surface area (Å²) in [5, 5.41) is 3.41. The SMILES string of the molecule is Cc1cccc(CSc2ncc(Br)c(C(=O)Nc3ccccc3)n2)c1. The fourth-order valence-corrected chi connectivity index (χ4v) is 3.37. The number of thioether (sulfide) groups is 1. The van der Waals surface area contributed by atoms with Crippen molar-refractivity contribution in [3.05, 3.63) is 82.1 Å². The number of nitrogens with zero attached hydrogens (tertiary/aromatic N) is 2. The quantitative estimate of drug-likeness (QED) is 0.467. The third kappa shape index (κ3) is 4.90. The molecule has 1 heterocycles. The maximum atomic E-state index is 12.5. The van der Waals surface area contributed by atoms with E-state index < -0.39 is 0 Å². The minimum Gasteiger partial charge on any atom is -0.321 e. The number of aromatic nitrogens is 2. The summed E-state index contributed by atoms with van der Waals surface area (Å²) in [4.78, 5) is 21.2. The maximum Gasteiger partial charge on any atom is 0.275 e. The van der Waals surface area contributed by atoms with Crippen molar-refractivity contribution in [3.8, 4) is 0 Å². The van der Waals surface area contributed by atoms with Gasteiger partial charge in [0.15, 0.2) is 5.16 Å². The van der Waals surface area contributed by atoms with E-state index in [-0.39, 0.29) is 5.91 Å². The monoisotopic (exact) mass is 413 g/mol. The third-order valence-electron chi connectivity index (χ3n) is 3.42. The third-order valence-corrected chi connectivity index (χ3v) is 4.93. The highest BCUT2D eigenvalue weighted by atomic mass is 79.9. The lowest BCUT2D eigenvalue weighted by Crippen LogP contribution is -2.15. The lowest BCUT2D eigenvalue weighted by atomic mass is 10.2. The van der Waals surface area contributed by atoms with Gasteiger partial charge in [-0.15, -0.1) is 0 Å². The fraction of sp³-hybridized carbons (Fsp3) is 0.105. The molecule has 3 aromatic rings. The minimum atomic E-state index is -0.266. The molecule has 0 saturated carbocycles. The van der Waals surface area contributed by atoms with Crippen molar-refractivity contribution in [3.63, 3.8) is 0 Å². The zero-order valence-corrected chi connectivity index (χ0v) is 16.0. The predicted molar refractivity (Wildman–Crippen MR) is 105 cm³/mol. The van der Waals surface area contributed by atoms with Crippen molar-refractivity contribution in [2.45, 2.75) is 17.8 Å². The summed E-state index contributed by atoms with van der Waals surface area (Å²) in [5.74, 6) is 0.487. The Kier molecular flexibility index (Phi) is 5.83. The molecule has 0 unspecified atom stereocenters. The van der Waals surface area contributed by atoms with Crippen molar-refractivity contribution in [1.29, 1.82) is 0 Å². The van der Waals surface area contributed by atoms with Crippen LogP contribution in [0.2, 0.25) is 0 Å². The number of nitrogens with one attached hydrogen (secondary N) is 1. The summed E-state index contributed by atoms with van der Waals surface area (Å²) in [7, 11) is 0. The average molecular weight is 414 g/mol. The zero-order valence-electron chi connectivity index (χ0n) is 13.6. The first-order valence-corrected chi connectivity index (χ1v) is 9.47. The first-order chi connectivity index (χ1) is 12.1. The molecule has 6 heteroatoms. The average Bonchev–Trinajstić information content (AvgIpc) is 2.62. The van der Waals surface area contributed by atoms with Crippen LogP contribution in [-0.4, -0.2) is 15.9 Å². The number of para-hydroxylation sites is 1. The van der Waals surface area contributed by atoms with Crippen LogP contribution in [0.25, 0.3) is 0 Å². The second-order valence-electron chi connectivity index (χ2n) is 5.45. The van der Waals surface area contributed by atoms with E-state index in [0.29, 0.717) is 15.3 Å². The first kappa shape index (κ1) is 17.6. The van der Waals surface area contributed by atoms with E-state index in [9.17, 15) is 4.79 Å². The number of hydrogen-bond acceptors (Lipinski definition) is 4. The summed E-state index contributed by atoms with van der Waals surface area (Å²) >= 11 is 4.86. The van der Waals surface area contributed by atoms with Crippen LogP contribution < -0.4 is 5.32 Å². The van der Waals surface area contributed by atoms with Gasteiger partial charge in [0.2, 0.25) is 0 Å². The molecule has 3 rings (SSSR count). The van der Waals surface area contributed by atoms with Crippen LogP contribution in [0, 0.1) is 6.92 Å². The molecule has 0 spiro atoms. The lowest BCUT2D eigenvalue weighted by Gasteiger charge is -2.08. The number of carbonyl (C=O) groups excluding carboxylic acids is 1.